The molecule has 0 radical (unpaired) electrons. The zero-order valence-electron chi connectivity index (χ0n) is 27.4. The molecule has 5 rings (SSSR count). The third kappa shape index (κ3) is 7.94. The predicted molar refractivity (Wildman–Crippen MR) is 176 cm³/mol. The number of quaternary nitrogens is 1. The number of nitrogens with one attached hydrogen (secondary N) is 1. The first-order valence-corrected chi connectivity index (χ1v) is 16.8. The third-order valence-corrected chi connectivity index (χ3v) is 10.8. The Hall–Kier alpha value is -3.30. The molecule has 2 amide bonds. The fraction of sp³-hybridized carbons (Fsp3) is 0.471. The molecule has 3 atom stereocenters. The summed E-state index contributed by atoms with van der Waals surface area (Å²) >= 11 is 12.7. The topological polar surface area (TPSA) is 76.1 Å². The number of alkyl halides is 6. The van der Waals surface area contributed by atoms with Crippen molar-refractivity contribution in [2.45, 2.75) is 56.0 Å². The maximum Gasteiger partial charge on any atom is 0.471 e. The number of hydrogen-bond donors (Lipinski definition) is 2. The summed E-state index contributed by atoms with van der Waals surface area (Å²) in [5, 5.41) is 16.1. The molecule has 2 heterocycles. The number of carbonyl (C=O) groups excluding carboxylic acids is 2. The van der Waals surface area contributed by atoms with E-state index in [0.717, 1.165) is 42.4 Å². The van der Waals surface area contributed by atoms with Gasteiger partial charge in [0, 0.05) is 44.1 Å². The van der Waals surface area contributed by atoms with Gasteiger partial charge in [0.05, 0.1) is 29.6 Å². The van der Waals surface area contributed by atoms with Crippen molar-refractivity contribution < 1.29 is 45.7 Å². The second-order valence-electron chi connectivity index (χ2n) is 13.3. The molecule has 1 aliphatic carbocycles. The van der Waals surface area contributed by atoms with Crippen LogP contribution in [0.2, 0.25) is 0 Å². The second-order valence-corrected chi connectivity index (χ2v) is 14.2. The van der Waals surface area contributed by atoms with Crippen molar-refractivity contribution in [1.82, 2.24) is 15.1 Å². The van der Waals surface area contributed by atoms with Gasteiger partial charge in [0.15, 0.2) is 6.67 Å². The number of piperidine rings is 1. The minimum Gasteiger partial charge on any atom is -0.346 e. The van der Waals surface area contributed by atoms with Gasteiger partial charge in [-0.25, -0.2) is 5.21 Å². The summed E-state index contributed by atoms with van der Waals surface area (Å²) in [4.78, 5) is 27.6. The number of carbonyl (C=O) groups is 2. The van der Waals surface area contributed by atoms with Crippen LogP contribution in [0, 0.1) is 5.92 Å². The van der Waals surface area contributed by atoms with E-state index in [2.05, 4.69) is 10.2 Å². The first kappa shape index (κ1) is 37.9. The van der Waals surface area contributed by atoms with E-state index in [4.69, 9.17) is 23.2 Å². The fourth-order valence-corrected chi connectivity index (χ4v) is 7.85. The number of likely N-dealkylation sites (tertiary alicyclic amines) is 1. The van der Waals surface area contributed by atoms with Gasteiger partial charge in [0.25, 0.3) is 0 Å². The van der Waals surface area contributed by atoms with Crippen LogP contribution < -0.4 is 10.5 Å². The van der Waals surface area contributed by atoms with E-state index in [1.54, 1.807) is 12.2 Å². The van der Waals surface area contributed by atoms with Gasteiger partial charge in [-0.1, -0.05) is 58.7 Å². The van der Waals surface area contributed by atoms with Gasteiger partial charge in [-0.2, -0.15) is 30.9 Å². The summed E-state index contributed by atoms with van der Waals surface area (Å²) < 4.78 is 80.1. The van der Waals surface area contributed by atoms with Crippen LogP contribution in [0.15, 0.2) is 70.7 Å². The first-order chi connectivity index (χ1) is 23.3. The van der Waals surface area contributed by atoms with Gasteiger partial charge >= 0.3 is 18.3 Å². The molecule has 1 saturated heterocycles. The molecular weight excluding hydrogens is 711 g/mol. The Morgan fingerprint density at radius 1 is 1.08 bits per heavy atom. The minimum atomic E-state index is -5.22. The SMILES string of the molecule is CN(C[N+](C)([C@@H](CCN1CCC2(CC1)NC(=O)Cc1ccccc12)C1C=CC(Cl)=C(Cl)C1)N(O)c1ccc(C(F)(F)F)cc1)C(=O)C(F)(F)F. The molecule has 2 unspecified atom stereocenters. The Morgan fingerprint density at radius 2 is 1.72 bits per heavy atom. The van der Waals surface area contributed by atoms with Crippen LogP contribution in [-0.2, 0) is 27.7 Å². The van der Waals surface area contributed by atoms with Gasteiger partial charge in [0.1, 0.15) is 11.7 Å². The highest BCUT2D eigenvalue weighted by molar-refractivity contribution is 6.40. The summed E-state index contributed by atoms with van der Waals surface area (Å²) in [6.45, 7) is 0.853. The summed E-state index contributed by atoms with van der Waals surface area (Å²) in [5.74, 6) is -2.73. The molecule has 0 aromatic heterocycles. The predicted octanol–water partition coefficient (Wildman–Crippen LogP) is 6.93. The van der Waals surface area contributed by atoms with Crippen LogP contribution in [0.5, 0.6) is 0 Å². The van der Waals surface area contributed by atoms with Crippen LogP contribution in [0.1, 0.15) is 42.4 Å². The van der Waals surface area contributed by atoms with E-state index < -0.39 is 52.6 Å². The molecule has 2 aliphatic heterocycles. The lowest BCUT2D eigenvalue weighted by molar-refractivity contribution is -0.970. The summed E-state index contributed by atoms with van der Waals surface area (Å²) in [7, 11) is 2.37. The van der Waals surface area contributed by atoms with Crippen LogP contribution in [-0.4, -0.2) is 84.0 Å². The molecule has 272 valence electrons. The highest BCUT2D eigenvalue weighted by atomic mass is 35.5. The average Bonchev–Trinajstić information content (AvgIpc) is 3.05. The standard InChI is InChI=1S/C34H37Cl2F6N5O3/c1-44(31(49)34(40,41)42)21-47(2,46(50)25-10-8-24(9-11-25)33(37,38)39)29(23-7-12-27(35)28(36)19-23)13-16-45-17-14-32(15-18-45)26-6-4-3-5-22(26)20-30(48)43-32/h3-12,23,29,50H,13-21H2,1-2H3/p+1/t23?,29-,47?/m0/s1. The molecule has 2 aromatic carbocycles. The van der Waals surface area contributed by atoms with Crippen molar-refractivity contribution in [3.63, 3.8) is 0 Å². The van der Waals surface area contributed by atoms with E-state index in [1.165, 1.54) is 7.05 Å². The number of allylic oxidation sites excluding steroid dienone is 3. The molecule has 50 heavy (non-hydrogen) atoms. The molecule has 16 heteroatoms. The van der Waals surface area contributed by atoms with Crippen molar-refractivity contribution in [3.05, 3.63) is 87.4 Å². The average molecular weight is 750 g/mol. The molecule has 1 fully saturated rings. The van der Waals surface area contributed by atoms with Crippen molar-refractivity contribution >= 4 is 40.7 Å². The van der Waals surface area contributed by atoms with Crippen molar-refractivity contribution in [1.29, 1.82) is 0 Å². The summed E-state index contributed by atoms with van der Waals surface area (Å²) in [6, 6.07) is 10.6. The smallest absolute Gasteiger partial charge is 0.346 e. The van der Waals surface area contributed by atoms with Crippen LogP contribution >= 0.6 is 23.2 Å². The van der Waals surface area contributed by atoms with Crippen LogP contribution in [0.25, 0.3) is 0 Å². The maximum absolute atomic E-state index is 13.6. The normalized spacial score (nSPS) is 21.3. The van der Waals surface area contributed by atoms with Crippen LogP contribution in [0.4, 0.5) is 32.0 Å². The molecule has 8 nitrogen and oxygen atoms in total. The largest absolute Gasteiger partial charge is 0.471 e. The zero-order valence-corrected chi connectivity index (χ0v) is 28.9. The lowest BCUT2D eigenvalue weighted by Crippen LogP contribution is -2.68. The number of anilines is 1. The zero-order chi connectivity index (χ0) is 36.6. The Morgan fingerprint density at radius 3 is 2.32 bits per heavy atom. The summed E-state index contributed by atoms with van der Waals surface area (Å²) in [5.41, 5.74) is 0.417. The van der Waals surface area contributed by atoms with Crippen molar-refractivity contribution in [3.8, 4) is 0 Å². The van der Waals surface area contributed by atoms with Gasteiger partial charge in [-0.05, 0) is 60.7 Å². The number of amides is 2. The number of hydrogen-bond acceptors (Lipinski definition) is 5. The highest BCUT2D eigenvalue weighted by Crippen LogP contribution is 2.41. The second kappa shape index (κ2) is 14.4. The van der Waals surface area contributed by atoms with Gasteiger partial charge in [0.2, 0.25) is 5.91 Å². The van der Waals surface area contributed by atoms with E-state index >= 15 is 0 Å². The minimum absolute atomic E-state index is 0.0539. The molecule has 0 saturated carbocycles. The number of fused-ring (bicyclic) bond motifs is 2. The van der Waals surface area contributed by atoms with E-state index in [0.29, 0.717) is 54.0 Å². The van der Waals surface area contributed by atoms with E-state index in [1.807, 2.05) is 24.3 Å². The van der Waals surface area contributed by atoms with Crippen molar-refractivity contribution in [2.24, 2.45) is 5.92 Å². The highest BCUT2D eigenvalue weighted by Gasteiger charge is 2.50. The first-order valence-electron chi connectivity index (χ1n) is 16.0. The number of halogens is 8. The maximum atomic E-state index is 13.6. The number of benzene rings is 2. The van der Waals surface area contributed by atoms with Gasteiger partial charge in [-0.15, -0.1) is 0 Å². The van der Waals surface area contributed by atoms with E-state index in [-0.39, 0.29) is 29.5 Å². The molecule has 1 spiro atoms. The Bertz CT molecular complexity index is 1640. The van der Waals surface area contributed by atoms with E-state index in [9.17, 15) is 41.1 Å². The molecular formula is C34H38Cl2F6N5O3+. The number of nitrogens with zero attached hydrogens (tertiary/aromatic N) is 4. The number of rotatable bonds is 9. The quantitative estimate of drug-likeness (QED) is 0.126. The van der Waals surface area contributed by atoms with Crippen molar-refractivity contribution in [2.75, 3.05) is 45.6 Å². The summed E-state index contributed by atoms with van der Waals surface area (Å²) in [6.07, 6.45) is -4.63. The lowest BCUT2D eigenvalue weighted by atomic mass is 9.75. The Labute approximate surface area is 296 Å². The molecule has 2 aromatic rings. The Balaban J connectivity index is 1.46. The molecule has 0 bridgehead atoms. The Kier molecular flexibility index (Phi) is 10.9. The van der Waals surface area contributed by atoms with Gasteiger partial charge < -0.3 is 10.2 Å². The van der Waals surface area contributed by atoms with Gasteiger partial charge in [-0.3, -0.25) is 14.5 Å². The van der Waals surface area contributed by atoms with Crippen LogP contribution in [0.3, 0.4) is 0 Å². The monoisotopic (exact) mass is 748 g/mol. The third-order valence-electron chi connectivity index (χ3n) is 10.0. The lowest BCUT2D eigenvalue weighted by Gasteiger charge is -2.49. The fourth-order valence-electron chi connectivity index (χ4n) is 7.46. The molecule has 3 aliphatic rings. The molecule has 2 N–H and O–H groups in total.